The van der Waals surface area contributed by atoms with Gasteiger partial charge in [-0.05, 0) is 44.9 Å². The zero-order valence-electron chi connectivity index (χ0n) is 17.4. The number of carbonyl (C=O) groups excluding carboxylic acids is 1. The first-order valence-corrected chi connectivity index (χ1v) is 10.6. The van der Waals surface area contributed by atoms with E-state index in [4.69, 9.17) is 14.5 Å². The number of alkyl carbamates (subject to hydrolysis) is 1. The minimum atomic E-state index is -0.361. The lowest BCUT2D eigenvalue weighted by atomic mass is 10.1. The number of nitrogens with zero attached hydrogens (tertiary/aromatic N) is 3. The monoisotopic (exact) mass is 412 g/mol. The maximum Gasteiger partial charge on any atom is 0.407 e. The number of ether oxygens (including phenoxy) is 2. The number of carbonyl (C=O) groups is 1. The van der Waals surface area contributed by atoms with Crippen LogP contribution in [0.5, 0.6) is 0 Å². The molecule has 9 heteroatoms. The van der Waals surface area contributed by atoms with Gasteiger partial charge in [-0.2, -0.15) is 5.10 Å². The standard InChI is InChI=1S/C21H28N6O3/c1-21(6-7-21)24-20(28)30-14-9-17(29-12-14)15-10-19(26-25-15)23-18-4-3-13-5-8-27(2)11-16(13)22-18/h3-4,10,14,17H,5-9,11-12H2,1-2H3,(H,24,28)(H2,22,23,25,26). The number of nitrogens with one attached hydrogen (secondary N) is 3. The molecule has 2 atom stereocenters. The first kappa shape index (κ1) is 19.3. The molecule has 3 aliphatic rings. The zero-order chi connectivity index (χ0) is 20.7. The second-order valence-corrected chi connectivity index (χ2v) is 8.89. The number of fused-ring (bicyclic) bond motifs is 1. The van der Waals surface area contributed by atoms with Crippen molar-refractivity contribution in [2.24, 2.45) is 0 Å². The molecule has 1 saturated heterocycles. The predicted molar refractivity (Wildman–Crippen MR) is 110 cm³/mol. The average molecular weight is 412 g/mol. The van der Waals surface area contributed by atoms with Gasteiger partial charge in [-0.15, -0.1) is 0 Å². The smallest absolute Gasteiger partial charge is 0.407 e. The third-order valence-electron chi connectivity index (χ3n) is 6.09. The molecule has 2 aliphatic heterocycles. The Kier molecular flexibility index (Phi) is 4.86. The lowest BCUT2D eigenvalue weighted by molar-refractivity contribution is 0.0675. The van der Waals surface area contributed by atoms with Gasteiger partial charge >= 0.3 is 6.09 Å². The zero-order valence-corrected chi connectivity index (χ0v) is 17.4. The fourth-order valence-corrected chi connectivity index (χ4v) is 3.94. The Morgan fingerprint density at radius 1 is 1.37 bits per heavy atom. The third kappa shape index (κ3) is 4.27. The summed E-state index contributed by atoms with van der Waals surface area (Å²) in [5, 5.41) is 13.5. The molecule has 1 aliphatic carbocycles. The lowest BCUT2D eigenvalue weighted by Gasteiger charge is -2.24. The van der Waals surface area contributed by atoms with Gasteiger partial charge in [0.1, 0.15) is 18.0 Å². The summed E-state index contributed by atoms with van der Waals surface area (Å²) in [7, 11) is 2.11. The second-order valence-electron chi connectivity index (χ2n) is 8.89. The fourth-order valence-electron chi connectivity index (χ4n) is 3.94. The van der Waals surface area contributed by atoms with Crippen LogP contribution >= 0.6 is 0 Å². The summed E-state index contributed by atoms with van der Waals surface area (Å²) in [6, 6.07) is 6.05. The van der Waals surface area contributed by atoms with Gasteiger partial charge in [-0.25, -0.2) is 9.78 Å². The molecule has 9 nitrogen and oxygen atoms in total. The Bertz CT molecular complexity index is 941. The Morgan fingerprint density at radius 2 is 2.23 bits per heavy atom. The fraction of sp³-hybridized carbons (Fsp3) is 0.571. The highest BCUT2D eigenvalue weighted by Gasteiger charge is 2.40. The van der Waals surface area contributed by atoms with Gasteiger partial charge in [0.05, 0.1) is 18.0 Å². The van der Waals surface area contributed by atoms with Crippen LogP contribution in [0.15, 0.2) is 18.2 Å². The van der Waals surface area contributed by atoms with Crippen molar-refractivity contribution in [2.45, 2.75) is 56.9 Å². The first-order valence-electron chi connectivity index (χ1n) is 10.6. The quantitative estimate of drug-likeness (QED) is 0.693. The van der Waals surface area contributed by atoms with Gasteiger partial charge in [0.2, 0.25) is 0 Å². The topological polar surface area (TPSA) is 104 Å². The number of anilines is 2. The Morgan fingerprint density at radius 3 is 3.07 bits per heavy atom. The second kappa shape index (κ2) is 7.55. The summed E-state index contributed by atoms with van der Waals surface area (Å²) in [4.78, 5) is 19.0. The van der Waals surface area contributed by atoms with E-state index in [1.54, 1.807) is 0 Å². The van der Waals surface area contributed by atoms with Crippen LogP contribution in [-0.4, -0.2) is 58.0 Å². The summed E-state index contributed by atoms with van der Waals surface area (Å²) in [6.45, 7) is 4.34. The molecule has 2 aromatic rings. The van der Waals surface area contributed by atoms with Crippen molar-refractivity contribution >= 4 is 17.7 Å². The number of aromatic amines is 1. The number of amides is 1. The maximum absolute atomic E-state index is 12.0. The van der Waals surface area contributed by atoms with Gasteiger partial charge in [0.25, 0.3) is 0 Å². The van der Waals surface area contributed by atoms with E-state index in [1.165, 1.54) is 5.56 Å². The molecule has 4 heterocycles. The average Bonchev–Trinajstić information content (AvgIpc) is 3.08. The largest absolute Gasteiger partial charge is 0.444 e. The Labute approximate surface area is 175 Å². The van der Waals surface area contributed by atoms with Crippen LogP contribution in [0.2, 0.25) is 0 Å². The molecule has 5 rings (SSSR count). The van der Waals surface area contributed by atoms with E-state index in [9.17, 15) is 4.79 Å². The number of H-pyrrole nitrogens is 1. The molecule has 0 bridgehead atoms. The summed E-state index contributed by atoms with van der Waals surface area (Å²) in [6.07, 6.45) is 2.86. The SMILES string of the molecule is CN1CCc2ccc(Nc3cc(C4CC(OC(=O)NC5(C)CC5)CO4)[nH]n3)nc2C1. The molecule has 2 aromatic heterocycles. The molecule has 0 spiro atoms. The minimum Gasteiger partial charge on any atom is -0.444 e. The molecular formula is C21H28N6O3. The molecule has 0 radical (unpaired) electrons. The van der Waals surface area contributed by atoms with Crippen LogP contribution in [0.1, 0.15) is 49.2 Å². The van der Waals surface area contributed by atoms with Crippen molar-refractivity contribution in [3.05, 3.63) is 35.2 Å². The number of aromatic nitrogens is 3. The molecule has 2 unspecified atom stereocenters. The minimum absolute atomic E-state index is 0.0833. The number of hydrogen-bond acceptors (Lipinski definition) is 7. The number of likely N-dealkylation sites (N-methyl/N-ethyl adjacent to an activating group) is 1. The van der Waals surface area contributed by atoms with Crippen LogP contribution in [-0.2, 0) is 22.4 Å². The third-order valence-corrected chi connectivity index (χ3v) is 6.09. The Hall–Kier alpha value is -2.65. The van der Waals surface area contributed by atoms with Crippen molar-refractivity contribution in [2.75, 3.05) is 25.5 Å². The number of rotatable bonds is 5. The number of hydrogen-bond donors (Lipinski definition) is 3. The van der Waals surface area contributed by atoms with E-state index in [2.05, 4.69) is 38.8 Å². The molecule has 1 saturated carbocycles. The first-order chi connectivity index (χ1) is 14.5. The van der Waals surface area contributed by atoms with E-state index < -0.39 is 0 Å². The lowest BCUT2D eigenvalue weighted by Crippen LogP contribution is -2.37. The van der Waals surface area contributed by atoms with Crippen molar-refractivity contribution in [3.8, 4) is 0 Å². The van der Waals surface area contributed by atoms with Crippen LogP contribution < -0.4 is 10.6 Å². The van der Waals surface area contributed by atoms with Gasteiger partial charge in [0.15, 0.2) is 5.82 Å². The molecule has 3 N–H and O–H groups in total. The van der Waals surface area contributed by atoms with Crippen LogP contribution in [0.3, 0.4) is 0 Å². The highest BCUT2D eigenvalue weighted by molar-refractivity contribution is 5.69. The van der Waals surface area contributed by atoms with Gasteiger partial charge < -0.3 is 25.0 Å². The van der Waals surface area contributed by atoms with Gasteiger partial charge in [-0.1, -0.05) is 6.07 Å². The van der Waals surface area contributed by atoms with Crippen LogP contribution in [0.25, 0.3) is 0 Å². The maximum atomic E-state index is 12.0. The van der Waals surface area contributed by atoms with Crippen LogP contribution in [0, 0.1) is 0 Å². The van der Waals surface area contributed by atoms with E-state index in [1.807, 2.05) is 19.1 Å². The van der Waals surface area contributed by atoms with Gasteiger partial charge in [-0.3, -0.25) is 5.10 Å². The van der Waals surface area contributed by atoms with Crippen molar-refractivity contribution in [1.82, 2.24) is 25.4 Å². The highest BCUT2D eigenvalue weighted by Crippen LogP contribution is 2.35. The summed E-state index contributed by atoms with van der Waals surface area (Å²) in [5.41, 5.74) is 3.20. The van der Waals surface area contributed by atoms with Crippen molar-refractivity contribution < 1.29 is 14.3 Å². The molecule has 0 aromatic carbocycles. The van der Waals surface area contributed by atoms with Crippen LogP contribution in [0.4, 0.5) is 16.4 Å². The van der Waals surface area contributed by atoms with E-state index in [0.717, 1.165) is 49.6 Å². The summed E-state index contributed by atoms with van der Waals surface area (Å²) in [5.74, 6) is 1.47. The summed E-state index contributed by atoms with van der Waals surface area (Å²) < 4.78 is 11.3. The molecule has 30 heavy (non-hydrogen) atoms. The molecule has 160 valence electrons. The highest BCUT2D eigenvalue weighted by atomic mass is 16.6. The van der Waals surface area contributed by atoms with E-state index in [0.29, 0.717) is 18.8 Å². The predicted octanol–water partition coefficient (Wildman–Crippen LogP) is 2.64. The van der Waals surface area contributed by atoms with E-state index in [-0.39, 0.29) is 23.8 Å². The summed E-state index contributed by atoms with van der Waals surface area (Å²) >= 11 is 0. The van der Waals surface area contributed by atoms with Gasteiger partial charge in [0, 0.05) is 31.1 Å². The van der Waals surface area contributed by atoms with Crippen molar-refractivity contribution in [3.63, 3.8) is 0 Å². The molecule has 1 amide bonds. The number of pyridine rings is 1. The van der Waals surface area contributed by atoms with Crippen molar-refractivity contribution in [1.29, 1.82) is 0 Å². The molecule has 2 fully saturated rings. The normalized spacial score (nSPS) is 24.9. The molecular weight excluding hydrogens is 384 g/mol. The Balaban J connectivity index is 1.17. The van der Waals surface area contributed by atoms with E-state index >= 15 is 0 Å².